The second-order valence-corrected chi connectivity index (χ2v) is 4.31. The fraction of sp³-hybridized carbons (Fsp3) is 0.545. The minimum atomic E-state index is 0. The average molecular weight is 244 g/mol. The van der Waals surface area contributed by atoms with Crippen molar-refractivity contribution in [3.63, 3.8) is 0 Å². The summed E-state index contributed by atoms with van der Waals surface area (Å²) >= 11 is 0. The van der Waals surface area contributed by atoms with E-state index in [0.717, 1.165) is 24.2 Å². The number of likely N-dealkylation sites (tertiary alicyclic amines) is 1. The number of rotatable bonds is 1. The molecule has 4 nitrogen and oxygen atoms in total. The molecule has 0 aromatic carbocycles. The Morgan fingerprint density at radius 1 is 1.56 bits per heavy atom. The van der Waals surface area contributed by atoms with E-state index in [1.54, 1.807) is 0 Å². The summed E-state index contributed by atoms with van der Waals surface area (Å²) in [5.74, 6) is 0.0774. The normalized spacial score (nSPS) is 19.7. The molecule has 0 radical (unpaired) electrons. The molecule has 1 saturated heterocycles. The molecule has 1 aromatic heterocycles. The second kappa shape index (κ2) is 4.89. The maximum atomic E-state index is 12.1. The van der Waals surface area contributed by atoms with Gasteiger partial charge in [-0.15, -0.1) is 12.4 Å². The van der Waals surface area contributed by atoms with Crippen LogP contribution in [0, 0.1) is 13.8 Å². The number of H-pyrrole nitrogens is 1. The van der Waals surface area contributed by atoms with Gasteiger partial charge in [0.2, 0.25) is 0 Å². The number of carbonyl (C=O) groups is 1. The van der Waals surface area contributed by atoms with Gasteiger partial charge in [-0.1, -0.05) is 0 Å². The molecule has 90 valence electrons. The Morgan fingerprint density at radius 2 is 2.25 bits per heavy atom. The molecule has 1 fully saturated rings. The van der Waals surface area contributed by atoms with Crippen LogP contribution in [0.1, 0.15) is 28.2 Å². The van der Waals surface area contributed by atoms with Crippen LogP contribution in [0.3, 0.4) is 0 Å². The minimum Gasteiger partial charge on any atom is -0.354 e. The topological polar surface area (TPSA) is 62.1 Å². The lowest BCUT2D eigenvalue weighted by Crippen LogP contribution is -2.32. The van der Waals surface area contributed by atoms with E-state index in [2.05, 4.69) is 4.98 Å². The van der Waals surface area contributed by atoms with Crippen LogP contribution in [0.15, 0.2) is 6.07 Å². The molecular formula is C11H18ClN3O. The SMILES string of the molecule is Cc1cc(C)c(C(=O)N2CCC(N)C2)[nH]1.Cl. The van der Waals surface area contributed by atoms with E-state index in [4.69, 9.17) is 5.73 Å². The lowest BCUT2D eigenvalue weighted by atomic mass is 10.2. The third-order valence-electron chi connectivity index (χ3n) is 2.88. The number of halogens is 1. The molecule has 2 heterocycles. The fourth-order valence-electron chi connectivity index (χ4n) is 2.08. The zero-order chi connectivity index (χ0) is 11.0. The van der Waals surface area contributed by atoms with Crippen molar-refractivity contribution in [2.24, 2.45) is 5.73 Å². The number of hydrogen-bond acceptors (Lipinski definition) is 2. The van der Waals surface area contributed by atoms with Crippen LogP contribution in [0.4, 0.5) is 0 Å². The Hall–Kier alpha value is -1.00. The van der Waals surface area contributed by atoms with Crippen molar-refractivity contribution in [3.8, 4) is 0 Å². The van der Waals surface area contributed by atoms with Crippen LogP contribution in [-0.2, 0) is 0 Å². The van der Waals surface area contributed by atoms with Gasteiger partial charge in [-0.25, -0.2) is 0 Å². The second-order valence-electron chi connectivity index (χ2n) is 4.31. The lowest BCUT2D eigenvalue weighted by Gasteiger charge is -2.15. The summed E-state index contributed by atoms with van der Waals surface area (Å²) in [6, 6.07) is 2.13. The van der Waals surface area contributed by atoms with Gasteiger partial charge in [0.1, 0.15) is 5.69 Å². The molecule has 1 aliphatic rings. The van der Waals surface area contributed by atoms with Crippen molar-refractivity contribution in [1.82, 2.24) is 9.88 Å². The van der Waals surface area contributed by atoms with Gasteiger partial charge < -0.3 is 15.6 Å². The number of nitrogens with two attached hydrogens (primary N) is 1. The maximum absolute atomic E-state index is 12.1. The third kappa shape index (κ3) is 2.39. The zero-order valence-corrected chi connectivity index (χ0v) is 10.4. The summed E-state index contributed by atoms with van der Waals surface area (Å²) in [7, 11) is 0. The van der Waals surface area contributed by atoms with E-state index in [9.17, 15) is 4.79 Å². The Balaban J connectivity index is 0.00000128. The number of nitrogens with one attached hydrogen (secondary N) is 1. The molecule has 2 rings (SSSR count). The highest BCUT2D eigenvalue weighted by molar-refractivity contribution is 5.94. The number of aryl methyl sites for hydroxylation is 2. The molecule has 1 atom stereocenters. The van der Waals surface area contributed by atoms with Gasteiger partial charge in [0.15, 0.2) is 0 Å². The van der Waals surface area contributed by atoms with Gasteiger partial charge in [-0.05, 0) is 31.9 Å². The third-order valence-corrected chi connectivity index (χ3v) is 2.88. The van der Waals surface area contributed by atoms with Gasteiger partial charge in [0, 0.05) is 24.8 Å². The summed E-state index contributed by atoms with van der Waals surface area (Å²) in [4.78, 5) is 17.0. The molecule has 3 N–H and O–H groups in total. The predicted molar refractivity (Wildman–Crippen MR) is 66.0 cm³/mol. The number of aromatic nitrogens is 1. The van der Waals surface area contributed by atoms with Crippen molar-refractivity contribution < 1.29 is 4.79 Å². The van der Waals surface area contributed by atoms with Crippen molar-refractivity contribution in [2.75, 3.05) is 13.1 Å². The first-order valence-corrected chi connectivity index (χ1v) is 5.29. The Labute approximate surface area is 102 Å². The molecule has 0 aliphatic carbocycles. The lowest BCUT2D eigenvalue weighted by molar-refractivity contribution is 0.0785. The van der Waals surface area contributed by atoms with Crippen LogP contribution in [0.25, 0.3) is 0 Å². The Bertz CT molecular complexity index is 389. The summed E-state index contributed by atoms with van der Waals surface area (Å²) in [6.45, 7) is 5.36. The smallest absolute Gasteiger partial charge is 0.270 e. The number of hydrogen-bond donors (Lipinski definition) is 2. The number of aromatic amines is 1. The van der Waals surface area contributed by atoms with Crippen LogP contribution < -0.4 is 5.73 Å². The molecule has 1 amide bonds. The maximum Gasteiger partial charge on any atom is 0.270 e. The van der Waals surface area contributed by atoms with Gasteiger partial charge >= 0.3 is 0 Å². The summed E-state index contributed by atoms with van der Waals surface area (Å²) in [6.07, 6.45) is 0.907. The summed E-state index contributed by atoms with van der Waals surface area (Å²) in [5.41, 5.74) is 8.53. The minimum absolute atomic E-state index is 0. The summed E-state index contributed by atoms with van der Waals surface area (Å²) < 4.78 is 0. The molecule has 0 bridgehead atoms. The Kier molecular flexibility index (Phi) is 3.99. The predicted octanol–water partition coefficient (Wildman–Crippen LogP) is 1.23. The number of nitrogens with zero attached hydrogens (tertiary/aromatic N) is 1. The van der Waals surface area contributed by atoms with E-state index in [1.165, 1.54) is 0 Å². The highest BCUT2D eigenvalue weighted by atomic mass is 35.5. The van der Waals surface area contributed by atoms with E-state index >= 15 is 0 Å². The first kappa shape index (κ1) is 13.1. The van der Waals surface area contributed by atoms with Crippen LogP contribution >= 0.6 is 12.4 Å². The van der Waals surface area contributed by atoms with E-state index in [0.29, 0.717) is 12.2 Å². The summed E-state index contributed by atoms with van der Waals surface area (Å²) in [5, 5.41) is 0. The molecule has 5 heteroatoms. The fourth-order valence-corrected chi connectivity index (χ4v) is 2.08. The first-order chi connectivity index (χ1) is 7.08. The molecular weight excluding hydrogens is 226 g/mol. The van der Waals surface area contributed by atoms with E-state index in [-0.39, 0.29) is 24.4 Å². The highest BCUT2D eigenvalue weighted by Crippen LogP contribution is 2.15. The average Bonchev–Trinajstić information content (AvgIpc) is 2.71. The van der Waals surface area contributed by atoms with Crippen LogP contribution in [-0.4, -0.2) is 34.9 Å². The van der Waals surface area contributed by atoms with Crippen molar-refractivity contribution >= 4 is 18.3 Å². The van der Waals surface area contributed by atoms with Crippen molar-refractivity contribution in [1.29, 1.82) is 0 Å². The number of carbonyl (C=O) groups excluding carboxylic acids is 1. The molecule has 0 spiro atoms. The van der Waals surface area contributed by atoms with Crippen LogP contribution in [0.5, 0.6) is 0 Å². The molecule has 1 aromatic rings. The van der Waals surface area contributed by atoms with Gasteiger partial charge in [0.25, 0.3) is 5.91 Å². The first-order valence-electron chi connectivity index (χ1n) is 5.29. The van der Waals surface area contributed by atoms with Crippen LogP contribution in [0.2, 0.25) is 0 Å². The largest absolute Gasteiger partial charge is 0.354 e. The quantitative estimate of drug-likeness (QED) is 0.779. The van der Waals surface area contributed by atoms with E-state index < -0.39 is 0 Å². The highest BCUT2D eigenvalue weighted by Gasteiger charge is 2.26. The zero-order valence-electron chi connectivity index (χ0n) is 9.62. The van der Waals surface area contributed by atoms with Gasteiger partial charge in [-0.3, -0.25) is 4.79 Å². The Morgan fingerprint density at radius 3 is 2.69 bits per heavy atom. The van der Waals surface area contributed by atoms with Gasteiger partial charge in [0.05, 0.1) is 0 Å². The number of amides is 1. The molecule has 1 unspecified atom stereocenters. The molecule has 16 heavy (non-hydrogen) atoms. The molecule has 0 saturated carbocycles. The van der Waals surface area contributed by atoms with Crippen molar-refractivity contribution in [3.05, 3.63) is 23.0 Å². The monoisotopic (exact) mass is 243 g/mol. The van der Waals surface area contributed by atoms with E-state index in [1.807, 2.05) is 24.8 Å². The standard InChI is InChI=1S/C11H17N3O.ClH/c1-7-5-8(2)13-10(7)11(15)14-4-3-9(12)6-14;/h5,9,13H,3-4,6,12H2,1-2H3;1H. The van der Waals surface area contributed by atoms with Crippen molar-refractivity contribution in [2.45, 2.75) is 26.3 Å². The van der Waals surface area contributed by atoms with Gasteiger partial charge in [-0.2, -0.15) is 0 Å². The molecule has 1 aliphatic heterocycles.